The molecule has 0 aliphatic carbocycles. The molecular weight excluding hydrogens is 214 g/mol. The average molecular weight is 223 g/mol. The van der Waals surface area contributed by atoms with Gasteiger partial charge >= 0.3 is 6.03 Å². The van der Waals surface area contributed by atoms with E-state index in [9.17, 15) is 14.4 Å². The quantitative estimate of drug-likeness (QED) is 0.709. The van der Waals surface area contributed by atoms with E-state index in [-0.39, 0.29) is 13.0 Å². The number of barbiturate groups is 1. The zero-order chi connectivity index (χ0) is 11.7. The number of carbonyl (C=O) groups excluding carboxylic acids is 3. The summed E-state index contributed by atoms with van der Waals surface area (Å²) in [5.41, 5.74) is 0.663. The first-order chi connectivity index (χ1) is 7.56. The Morgan fingerprint density at radius 1 is 1.50 bits per heavy atom. The van der Waals surface area contributed by atoms with Crippen molar-refractivity contribution in [2.45, 2.75) is 19.9 Å². The highest BCUT2D eigenvalue weighted by molar-refractivity contribution is 6.13. The van der Waals surface area contributed by atoms with Gasteiger partial charge in [0, 0.05) is 6.07 Å². The lowest BCUT2D eigenvalue weighted by atomic mass is 10.2. The van der Waals surface area contributed by atoms with Crippen molar-refractivity contribution in [3.8, 4) is 0 Å². The second-order valence-electron chi connectivity index (χ2n) is 3.44. The molecule has 16 heavy (non-hydrogen) atoms. The first kappa shape index (κ1) is 10.3. The molecule has 0 aromatic carbocycles. The van der Waals surface area contributed by atoms with E-state index in [4.69, 9.17) is 4.52 Å². The summed E-state index contributed by atoms with van der Waals surface area (Å²) in [5, 5.41) is 5.69. The summed E-state index contributed by atoms with van der Waals surface area (Å²) in [6.45, 7) is 1.72. The van der Waals surface area contributed by atoms with Crippen molar-refractivity contribution >= 4 is 17.8 Å². The van der Waals surface area contributed by atoms with Crippen molar-refractivity contribution in [2.24, 2.45) is 0 Å². The first-order valence-corrected chi connectivity index (χ1v) is 4.62. The van der Waals surface area contributed by atoms with Gasteiger partial charge in [-0.2, -0.15) is 0 Å². The van der Waals surface area contributed by atoms with Crippen LogP contribution in [0.4, 0.5) is 4.79 Å². The summed E-state index contributed by atoms with van der Waals surface area (Å²) in [7, 11) is 0. The van der Waals surface area contributed by atoms with Crippen molar-refractivity contribution in [1.82, 2.24) is 15.4 Å². The fraction of sp³-hybridized carbons (Fsp3) is 0.333. The van der Waals surface area contributed by atoms with E-state index in [1.54, 1.807) is 13.0 Å². The molecule has 1 N–H and O–H groups in total. The Labute approximate surface area is 90.4 Å². The van der Waals surface area contributed by atoms with Crippen LogP contribution in [0.5, 0.6) is 0 Å². The van der Waals surface area contributed by atoms with Gasteiger partial charge in [-0.3, -0.25) is 19.8 Å². The van der Waals surface area contributed by atoms with Gasteiger partial charge in [-0.05, 0) is 6.92 Å². The molecule has 0 bridgehead atoms. The van der Waals surface area contributed by atoms with E-state index in [0.717, 1.165) is 4.90 Å². The normalized spacial score (nSPS) is 16.6. The second kappa shape index (κ2) is 3.76. The number of aryl methyl sites for hydroxylation is 1. The summed E-state index contributed by atoms with van der Waals surface area (Å²) in [5.74, 6) is -0.724. The van der Waals surface area contributed by atoms with Crippen LogP contribution in [0.3, 0.4) is 0 Å². The van der Waals surface area contributed by atoms with Crippen molar-refractivity contribution in [3.05, 3.63) is 17.5 Å². The van der Waals surface area contributed by atoms with Crippen molar-refractivity contribution in [2.75, 3.05) is 0 Å². The molecule has 1 fully saturated rings. The third kappa shape index (κ3) is 1.92. The minimum Gasteiger partial charge on any atom is -0.359 e. The highest BCUT2D eigenvalue weighted by atomic mass is 16.5. The Balaban J connectivity index is 2.12. The SMILES string of the molecule is Cc1cc(CN2C(=O)CC(=O)NC2=O)on1. The van der Waals surface area contributed by atoms with Crippen LogP contribution in [0.1, 0.15) is 17.9 Å². The number of nitrogens with zero attached hydrogens (tertiary/aromatic N) is 2. The number of amides is 4. The molecule has 1 aromatic rings. The van der Waals surface area contributed by atoms with Gasteiger partial charge in [0.15, 0.2) is 5.76 Å². The van der Waals surface area contributed by atoms with Crippen LogP contribution in [0, 0.1) is 6.92 Å². The third-order valence-electron chi connectivity index (χ3n) is 2.10. The van der Waals surface area contributed by atoms with Gasteiger partial charge in [-0.15, -0.1) is 0 Å². The van der Waals surface area contributed by atoms with Gasteiger partial charge in [-0.25, -0.2) is 4.79 Å². The van der Waals surface area contributed by atoms with Crippen LogP contribution in [-0.4, -0.2) is 27.9 Å². The van der Waals surface area contributed by atoms with Crippen LogP contribution >= 0.6 is 0 Å². The van der Waals surface area contributed by atoms with Gasteiger partial charge in [0.05, 0.1) is 12.2 Å². The van der Waals surface area contributed by atoms with Crippen LogP contribution in [0.2, 0.25) is 0 Å². The zero-order valence-electron chi connectivity index (χ0n) is 8.52. The molecule has 7 heteroatoms. The van der Waals surface area contributed by atoms with Crippen molar-refractivity contribution < 1.29 is 18.9 Å². The number of nitrogens with one attached hydrogen (secondary N) is 1. The van der Waals surface area contributed by atoms with Gasteiger partial charge < -0.3 is 4.52 Å². The monoisotopic (exact) mass is 223 g/mol. The average Bonchev–Trinajstić information content (AvgIpc) is 2.58. The summed E-state index contributed by atoms with van der Waals surface area (Å²) >= 11 is 0. The van der Waals surface area contributed by atoms with Crippen molar-refractivity contribution in [1.29, 1.82) is 0 Å². The lowest BCUT2D eigenvalue weighted by Gasteiger charge is -2.23. The van der Waals surface area contributed by atoms with Gasteiger partial charge in [0.25, 0.3) is 0 Å². The fourth-order valence-corrected chi connectivity index (χ4v) is 1.38. The lowest BCUT2D eigenvalue weighted by Crippen LogP contribution is -2.52. The van der Waals surface area contributed by atoms with Crippen molar-refractivity contribution in [3.63, 3.8) is 0 Å². The number of aromatic nitrogens is 1. The lowest BCUT2D eigenvalue weighted by molar-refractivity contribution is -0.136. The van der Waals surface area contributed by atoms with Gasteiger partial charge in [0.1, 0.15) is 6.42 Å². The number of rotatable bonds is 2. The summed E-state index contributed by atoms with van der Waals surface area (Å²) in [6.07, 6.45) is -0.321. The zero-order valence-corrected chi connectivity index (χ0v) is 8.52. The molecule has 2 rings (SSSR count). The topological polar surface area (TPSA) is 92.5 Å². The smallest absolute Gasteiger partial charge is 0.331 e. The Hall–Kier alpha value is -2.18. The first-order valence-electron chi connectivity index (χ1n) is 4.62. The molecule has 1 aromatic heterocycles. The summed E-state index contributed by atoms with van der Waals surface area (Å²) in [6, 6.07) is 0.895. The molecule has 2 heterocycles. The van der Waals surface area contributed by atoms with Crippen LogP contribution < -0.4 is 5.32 Å². The predicted molar refractivity (Wildman–Crippen MR) is 49.9 cm³/mol. The molecule has 84 valence electrons. The molecule has 0 unspecified atom stereocenters. The van der Waals surface area contributed by atoms with Gasteiger partial charge in [-0.1, -0.05) is 5.16 Å². The molecule has 1 saturated heterocycles. The van der Waals surface area contributed by atoms with E-state index in [1.165, 1.54) is 0 Å². The highest BCUT2D eigenvalue weighted by Gasteiger charge is 2.31. The maximum Gasteiger partial charge on any atom is 0.331 e. The molecular formula is C9H9N3O4. The highest BCUT2D eigenvalue weighted by Crippen LogP contribution is 2.10. The molecule has 0 spiro atoms. The van der Waals surface area contributed by atoms with Gasteiger partial charge in [0.2, 0.25) is 11.8 Å². The molecule has 0 atom stereocenters. The van der Waals surface area contributed by atoms with E-state index in [1.807, 2.05) is 0 Å². The minimum absolute atomic E-state index is 0.0151. The Kier molecular flexibility index (Phi) is 2.43. The second-order valence-corrected chi connectivity index (χ2v) is 3.44. The minimum atomic E-state index is -0.727. The molecule has 1 aliphatic heterocycles. The van der Waals surface area contributed by atoms with Crippen LogP contribution in [0.25, 0.3) is 0 Å². The standard InChI is InChI=1S/C9H9N3O4/c1-5-2-6(16-11-5)4-12-8(14)3-7(13)10-9(12)15/h2H,3-4H2,1H3,(H,10,13,15). The Morgan fingerprint density at radius 3 is 2.81 bits per heavy atom. The number of urea groups is 1. The van der Waals surface area contributed by atoms with Crippen LogP contribution in [0.15, 0.2) is 10.6 Å². The van der Waals surface area contributed by atoms with E-state index < -0.39 is 17.8 Å². The Bertz CT molecular complexity index is 445. The maximum absolute atomic E-state index is 11.4. The molecule has 7 nitrogen and oxygen atoms in total. The summed E-state index contributed by atoms with van der Waals surface area (Å²) < 4.78 is 4.88. The van der Waals surface area contributed by atoms with Crippen LogP contribution in [-0.2, 0) is 16.1 Å². The molecule has 4 amide bonds. The Morgan fingerprint density at radius 2 is 2.25 bits per heavy atom. The van der Waals surface area contributed by atoms with E-state index >= 15 is 0 Å². The summed E-state index contributed by atoms with van der Waals surface area (Å²) in [4.78, 5) is 34.5. The predicted octanol–water partition coefficient (Wildman–Crippen LogP) is -0.0485. The maximum atomic E-state index is 11.4. The molecule has 1 aliphatic rings. The van der Waals surface area contributed by atoms with E-state index in [2.05, 4.69) is 10.5 Å². The number of hydrogen-bond acceptors (Lipinski definition) is 5. The van der Waals surface area contributed by atoms with E-state index in [0.29, 0.717) is 11.5 Å². The molecule has 0 radical (unpaired) electrons. The fourth-order valence-electron chi connectivity index (χ4n) is 1.38. The number of imide groups is 2. The number of hydrogen-bond donors (Lipinski definition) is 1. The number of carbonyl (C=O) groups is 3. The molecule has 0 saturated carbocycles. The third-order valence-corrected chi connectivity index (χ3v) is 2.10. The largest absolute Gasteiger partial charge is 0.359 e.